The van der Waals surface area contributed by atoms with Crippen LogP contribution in [0.5, 0.6) is 17.2 Å². The highest BCUT2D eigenvalue weighted by Gasteiger charge is 2.04. The van der Waals surface area contributed by atoms with Crippen molar-refractivity contribution in [3.05, 3.63) is 59.2 Å². The largest absolute Gasteiger partial charge is 0.493 e. The molecule has 2 rings (SSSR count). The van der Waals surface area contributed by atoms with Crippen LogP contribution >= 0.6 is 12.2 Å². The Morgan fingerprint density at radius 3 is 2.57 bits per heavy atom. The van der Waals surface area contributed by atoms with Gasteiger partial charge in [0.05, 0.1) is 20.8 Å². The molecule has 7 heteroatoms. The van der Waals surface area contributed by atoms with Gasteiger partial charge in [0.2, 0.25) is 5.91 Å². The second-order valence-corrected chi connectivity index (χ2v) is 6.96. The summed E-state index contributed by atoms with van der Waals surface area (Å²) in [6, 6.07) is 11.6. The van der Waals surface area contributed by atoms with E-state index in [4.69, 9.17) is 26.4 Å². The monoisotopic (exact) mass is 428 g/mol. The Morgan fingerprint density at radius 1 is 1.10 bits per heavy atom. The summed E-state index contributed by atoms with van der Waals surface area (Å²) in [5, 5.41) is 5.82. The van der Waals surface area contributed by atoms with Crippen LogP contribution in [0.25, 0.3) is 6.08 Å². The van der Waals surface area contributed by atoms with Gasteiger partial charge in [-0.25, -0.2) is 0 Å². The molecule has 30 heavy (non-hydrogen) atoms. The fourth-order valence-corrected chi connectivity index (χ4v) is 2.97. The average molecular weight is 429 g/mol. The summed E-state index contributed by atoms with van der Waals surface area (Å²) in [5.41, 5.74) is 3.21. The van der Waals surface area contributed by atoms with E-state index in [1.165, 1.54) is 17.2 Å². The Hall–Kier alpha value is -3.06. The van der Waals surface area contributed by atoms with Crippen molar-refractivity contribution in [1.29, 1.82) is 0 Å². The maximum Gasteiger partial charge on any atom is 0.250 e. The maximum atomic E-state index is 12.1. The molecule has 0 saturated heterocycles. The summed E-state index contributed by atoms with van der Waals surface area (Å²) >= 11 is 5.15. The number of carbonyl (C=O) groups is 1. The molecule has 0 unspecified atom stereocenters. The molecule has 2 aromatic rings. The number of rotatable bonds is 9. The van der Waals surface area contributed by atoms with Crippen LogP contribution in [0.15, 0.2) is 42.5 Å². The molecule has 0 saturated carbocycles. The van der Waals surface area contributed by atoms with E-state index in [1.54, 1.807) is 32.4 Å². The van der Waals surface area contributed by atoms with Crippen LogP contribution in [0, 0.1) is 6.92 Å². The molecular formula is C23H28N2O4S. The van der Waals surface area contributed by atoms with Crippen molar-refractivity contribution in [2.75, 3.05) is 27.4 Å². The van der Waals surface area contributed by atoms with Gasteiger partial charge in [-0.2, -0.15) is 0 Å². The lowest BCUT2D eigenvalue weighted by Crippen LogP contribution is -2.40. The van der Waals surface area contributed by atoms with Crippen LogP contribution in [0.2, 0.25) is 0 Å². The lowest BCUT2D eigenvalue weighted by molar-refractivity contribution is -0.115. The SMILES string of the molecule is CCc1cc(C)cc(OCCNC(=S)NC(=O)/C=C/c2ccc(OC)c(OC)c2)c1. The third-order valence-corrected chi connectivity index (χ3v) is 4.49. The number of ether oxygens (including phenoxy) is 3. The Bertz CT molecular complexity index is 912. The molecule has 0 bridgehead atoms. The number of benzene rings is 2. The maximum absolute atomic E-state index is 12.1. The molecule has 2 aromatic carbocycles. The lowest BCUT2D eigenvalue weighted by atomic mass is 10.1. The lowest BCUT2D eigenvalue weighted by Gasteiger charge is -2.11. The van der Waals surface area contributed by atoms with E-state index in [9.17, 15) is 4.79 Å². The fraction of sp³-hybridized carbons (Fsp3) is 0.304. The van der Waals surface area contributed by atoms with Crippen molar-refractivity contribution in [2.45, 2.75) is 20.3 Å². The highest BCUT2D eigenvalue weighted by Crippen LogP contribution is 2.27. The minimum absolute atomic E-state index is 0.249. The zero-order valence-corrected chi connectivity index (χ0v) is 18.6. The number of hydrogen-bond acceptors (Lipinski definition) is 5. The van der Waals surface area contributed by atoms with Crippen LogP contribution in [-0.2, 0) is 11.2 Å². The third kappa shape index (κ3) is 7.40. The fourth-order valence-electron chi connectivity index (χ4n) is 2.77. The number of thiocarbonyl (C=S) groups is 1. The van der Waals surface area contributed by atoms with Gasteiger partial charge >= 0.3 is 0 Å². The van der Waals surface area contributed by atoms with Gasteiger partial charge in [0.1, 0.15) is 12.4 Å². The van der Waals surface area contributed by atoms with E-state index >= 15 is 0 Å². The average Bonchev–Trinajstić information content (AvgIpc) is 2.74. The third-order valence-electron chi connectivity index (χ3n) is 4.25. The zero-order valence-electron chi connectivity index (χ0n) is 17.8. The van der Waals surface area contributed by atoms with E-state index in [0.717, 1.165) is 17.7 Å². The summed E-state index contributed by atoms with van der Waals surface area (Å²) in [5.74, 6) is 1.73. The summed E-state index contributed by atoms with van der Waals surface area (Å²) < 4.78 is 16.2. The molecule has 0 aliphatic rings. The number of aryl methyl sites for hydroxylation is 2. The van der Waals surface area contributed by atoms with Gasteiger partial charge in [0, 0.05) is 6.08 Å². The smallest absolute Gasteiger partial charge is 0.250 e. The molecule has 0 aromatic heterocycles. The highest BCUT2D eigenvalue weighted by atomic mass is 32.1. The predicted octanol–water partition coefficient (Wildman–Crippen LogP) is 3.66. The molecule has 160 valence electrons. The molecule has 0 atom stereocenters. The molecule has 1 amide bonds. The minimum atomic E-state index is -0.325. The van der Waals surface area contributed by atoms with Crippen molar-refractivity contribution in [1.82, 2.24) is 10.6 Å². The molecule has 0 aliphatic carbocycles. The van der Waals surface area contributed by atoms with E-state index in [1.807, 2.05) is 25.1 Å². The first-order valence-corrected chi connectivity index (χ1v) is 10.1. The first-order chi connectivity index (χ1) is 14.4. The van der Waals surface area contributed by atoms with Crippen molar-refractivity contribution >= 4 is 29.3 Å². The topological polar surface area (TPSA) is 68.8 Å². The Labute approximate surface area is 183 Å². The van der Waals surface area contributed by atoms with Crippen molar-refractivity contribution in [3.63, 3.8) is 0 Å². The van der Waals surface area contributed by atoms with Crippen LogP contribution in [0.4, 0.5) is 0 Å². The number of methoxy groups -OCH3 is 2. The van der Waals surface area contributed by atoms with Gasteiger partial charge in [-0.15, -0.1) is 0 Å². The molecule has 6 nitrogen and oxygen atoms in total. The molecular weight excluding hydrogens is 400 g/mol. The summed E-state index contributed by atoms with van der Waals surface area (Å²) in [6.07, 6.45) is 4.04. The van der Waals surface area contributed by atoms with Crippen LogP contribution in [-0.4, -0.2) is 38.4 Å². The first kappa shape index (κ1) is 23.2. The van der Waals surface area contributed by atoms with Gasteiger partial charge in [0.25, 0.3) is 0 Å². The zero-order chi connectivity index (χ0) is 21.9. The summed E-state index contributed by atoms with van der Waals surface area (Å²) in [6.45, 7) is 5.07. The van der Waals surface area contributed by atoms with Crippen molar-refractivity contribution < 1.29 is 19.0 Å². The molecule has 0 heterocycles. The van der Waals surface area contributed by atoms with E-state index in [-0.39, 0.29) is 11.0 Å². The van der Waals surface area contributed by atoms with Gasteiger partial charge in [-0.1, -0.05) is 19.1 Å². The molecule has 0 aliphatic heterocycles. The second kappa shape index (κ2) is 11.8. The van der Waals surface area contributed by atoms with Gasteiger partial charge in [-0.3, -0.25) is 10.1 Å². The summed E-state index contributed by atoms with van der Waals surface area (Å²) in [7, 11) is 3.14. The standard InChI is InChI=1S/C23H28N2O4S/c1-5-17-12-16(2)13-19(14-17)29-11-10-24-23(30)25-22(26)9-7-18-6-8-20(27-3)21(15-18)28-4/h6-9,12-15H,5,10-11H2,1-4H3,(H2,24,25,26,30)/b9-7+. The minimum Gasteiger partial charge on any atom is -0.493 e. The number of nitrogens with one attached hydrogen (secondary N) is 2. The van der Waals surface area contributed by atoms with Crippen LogP contribution < -0.4 is 24.8 Å². The second-order valence-electron chi connectivity index (χ2n) is 6.55. The van der Waals surface area contributed by atoms with Crippen LogP contribution in [0.1, 0.15) is 23.6 Å². The van der Waals surface area contributed by atoms with E-state index < -0.39 is 0 Å². The normalized spacial score (nSPS) is 10.5. The first-order valence-electron chi connectivity index (χ1n) is 9.67. The number of carbonyl (C=O) groups excluding carboxylic acids is 1. The summed E-state index contributed by atoms with van der Waals surface area (Å²) in [4.78, 5) is 12.1. The quantitative estimate of drug-likeness (QED) is 0.361. The molecule has 0 spiro atoms. The van der Waals surface area contributed by atoms with Gasteiger partial charge < -0.3 is 19.5 Å². The van der Waals surface area contributed by atoms with E-state index in [2.05, 4.69) is 23.6 Å². The number of hydrogen-bond donors (Lipinski definition) is 2. The van der Waals surface area contributed by atoms with Gasteiger partial charge in [0.15, 0.2) is 16.6 Å². The van der Waals surface area contributed by atoms with E-state index in [0.29, 0.717) is 24.7 Å². The Balaban J connectivity index is 1.76. The highest BCUT2D eigenvalue weighted by molar-refractivity contribution is 7.80. The van der Waals surface area contributed by atoms with Crippen molar-refractivity contribution in [3.8, 4) is 17.2 Å². The molecule has 2 N–H and O–H groups in total. The Kier molecular flexibility index (Phi) is 9.15. The molecule has 0 fully saturated rings. The number of amides is 1. The predicted molar refractivity (Wildman–Crippen MR) is 123 cm³/mol. The molecule has 0 radical (unpaired) electrons. The van der Waals surface area contributed by atoms with Crippen molar-refractivity contribution in [2.24, 2.45) is 0 Å². The van der Waals surface area contributed by atoms with Gasteiger partial charge in [-0.05, 0) is 72.6 Å². The Morgan fingerprint density at radius 2 is 1.87 bits per heavy atom. The van der Waals surface area contributed by atoms with Crippen LogP contribution in [0.3, 0.4) is 0 Å².